The van der Waals surface area contributed by atoms with Crippen LogP contribution in [-0.4, -0.2) is 32.4 Å². The van der Waals surface area contributed by atoms with Crippen LogP contribution >= 0.6 is 0 Å². The number of hydrogen-bond acceptors (Lipinski definition) is 4. The summed E-state index contributed by atoms with van der Waals surface area (Å²) in [6, 6.07) is 20.0. The van der Waals surface area contributed by atoms with Crippen molar-refractivity contribution < 1.29 is 14.3 Å². The van der Waals surface area contributed by atoms with Crippen LogP contribution in [0.5, 0.6) is 0 Å². The number of halogens is 1. The fraction of sp³-hybridized carbons (Fsp3) is 0.0870. The monoisotopic (exact) mass is 402 g/mol. The Morgan fingerprint density at radius 3 is 2.47 bits per heavy atom. The van der Waals surface area contributed by atoms with Gasteiger partial charge in [-0.15, -0.1) is 0 Å². The van der Waals surface area contributed by atoms with Crippen molar-refractivity contribution in [1.82, 2.24) is 20.1 Å². The first-order chi connectivity index (χ1) is 14.6. The molecule has 0 saturated carbocycles. The lowest BCUT2D eigenvalue weighted by Crippen LogP contribution is -2.22. The Kier molecular flexibility index (Phi) is 5.63. The largest absolute Gasteiger partial charge is 0.480 e. The summed E-state index contributed by atoms with van der Waals surface area (Å²) < 4.78 is 16.2. The predicted octanol–water partition coefficient (Wildman–Crippen LogP) is 3.91. The average Bonchev–Trinajstić information content (AvgIpc) is 3.18. The number of benzene rings is 2. The lowest BCUT2D eigenvalue weighted by Gasteiger charge is -2.12. The molecule has 0 spiro atoms. The number of hydrogen-bond donors (Lipinski definition) is 2. The summed E-state index contributed by atoms with van der Waals surface area (Å²) in [6.45, 7) is 0.0424. The van der Waals surface area contributed by atoms with Crippen LogP contribution in [0.4, 0.5) is 4.39 Å². The highest BCUT2D eigenvalue weighted by Gasteiger charge is 2.18. The van der Waals surface area contributed by atoms with Gasteiger partial charge in [0.2, 0.25) is 0 Å². The highest BCUT2D eigenvalue weighted by molar-refractivity contribution is 5.69. The van der Waals surface area contributed by atoms with Gasteiger partial charge in [0.15, 0.2) is 0 Å². The number of carbonyl (C=O) groups is 1. The molecule has 150 valence electrons. The van der Waals surface area contributed by atoms with Gasteiger partial charge in [0.1, 0.15) is 5.82 Å². The second kappa shape index (κ2) is 8.67. The minimum absolute atomic E-state index is 0.199. The molecule has 4 rings (SSSR count). The molecule has 30 heavy (non-hydrogen) atoms. The number of aliphatic carboxylic acids is 1. The van der Waals surface area contributed by atoms with Crippen LogP contribution in [0, 0.1) is 5.82 Å². The predicted molar refractivity (Wildman–Crippen MR) is 112 cm³/mol. The molecule has 0 aliphatic heterocycles. The van der Waals surface area contributed by atoms with E-state index in [1.165, 1.54) is 6.07 Å². The second-order valence-electron chi connectivity index (χ2n) is 6.68. The highest BCUT2D eigenvalue weighted by atomic mass is 19.1. The summed E-state index contributed by atoms with van der Waals surface area (Å²) in [7, 11) is 0. The molecule has 2 N–H and O–H groups in total. The number of rotatable bonds is 7. The molecule has 2 aromatic heterocycles. The molecule has 0 atom stereocenters. The third-order valence-electron chi connectivity index (χ3n) is 4.63. The Morgan fingerprint density at radius 1 is 1.00 bits per heavy atom. The summed E-state index contributed by atoms with van der Waals surface area (Å²) in [5, 5.41) is 16.1. The zero-order valence-corrected chi connectivity index (χ0v) is 16.0. The van der Waals surface area contributed by atoms with Gasteiger partial charge in [-0.2, -0.15) is 5.10 Å². The van der Waals surface area contributed by atoms with Crippen LogP contribution in [0.25, 0.3) is 28.2 Å². The summed E-state index contributed by atoms with van der Waals surface area (Å²) in [4.78, 5) is 15.4. The van der Waals surface area contributed by atoms with Crippen LogP contribution < -0.4 is 5.32 Å². The van der Waals surface area contributed by atoms with Crippen molar-refractivity contribution in [2.45, 2.75) is 6.54 Å². The molecule has 2 aromatic carbocycles. The first-order valence-corrected chi connectivity index (χ1v) is 9.39. The minimum Gasteiger partial charge on any atom is -0.480 e. The highest BCUT2D eigenvalue weighted by Crippen LogP contribution is 2.29. The number of pyridine rings is 1. The first-order valence-electron chi connectivity index (χ1n) is 9.39. The van der Waals surface area contributed by atoms with E-state index in [1.54, 1.807) is 35.3 Å². The topological polar surface area (TPSA) is 80.0 Å². The Bertz CT molecular complexity index is 1160. The third-order valence-corrected chi connectivity index (χ3v) is 4.63. The molecule has 0 aliphatic carbocycles. The summed E-state index contributed by atoms with van der Waals surface area (Å²) in [6.07, 6.45) is 3.30. The van der Waals surface area contributed by atoms with Crippen molar-refractivity contribution in [3.05, 3.63) is 90.5 Å². The number of nitrogens with zero attached hydrogens (tertiary/aromatic N) is 3. The maximum absolute atomic E-state index is 14.6. The maximum Gasteiger partial charge on any atom is 0.317 e. The van der Waals surface area contributed by atoms with Gasteiger partial charge in [-0.1, -0.05) is 42.5 Å². The fourth-order valence-corrected chi connectivity index (χ4v) is 3.24. The van der Waals surface area contributed by atoms with Gasteiger partial charge in [0, 0.05) is 23.2 Å². The van der Waals surface area contributed by atoms with Crippen molar-refractivity contribution >= 4 is 5.97 Å². The van der Waals surface area contributed by atoms with E-state index >= 15 is 0 Å². The number of carboxylic acid groups (broad SMARTS) is 1. The van der Waals surface area contributed by atoms with E-state index in [9.17, 15) is 9.18 Å². The van der Waals surface area contributed by atoms with E-state index in [0.717, 1.165) is 11.3 Å². The first kappa shape index (κ1) is 19.5. The Labute approximate surface area is 172 Å². The molecular weight excluding hydrogens is 383 g/mol. The van der Waals surface area contributed by atoms with Crippen LogP contribution in [0.2, 0.25) is 0 Å². The van der Waals surface area contributed by atoms with Crippen LogP contribution in [-0.2, 0) is 11.3 Å². The quantitative estimate of drug-likeness (QED) is 0.490. The molecule has 0 unspecified atom stereocenters. The zero-order valence-electron chi connectivity index (χ0n) is 16.0. The lowest BCUT2D eigenvalue weighted by atomic mass is 10.1. The van der Waals surface area contributed by atoms with E-state index in [1.807, 2.05) is 42.5 Å². The van der Waals surface area contributed by atoms with Gasteiger partial charge < -0.3 is 10.4 Å². The van der Waals surface area contributed by atoms with E-state index in [0.29, 0.717) is 22.5 Å². The summed E-state index contributed by atoms with van der Waals surface area (Å²) >= 11 is 0. The van der Waals surface area contributed by atoms with Gasteiger partial charge in [-0.05, 0) is 24.3 Å². The lowest BCUT2D eigenvalue weighted by molar-refractivity contribution is -0.135. The Balaban J connectivity index is 1.73. The minimum atomic E-state index is -0.962. The zero-order chi connectivity index (χ0) is 20.9. The van der Waals surface area contributed by atoms with Gasteiger partial charge >= 0.3 is 5.97 Å². The van der Waals surface area contributed by atoms with Gasteiger partial charge in [-0.25, -0.2) is 9.07 Å². The standard InChI is InChI=1S/C23H19FN4O2/c24-20-9-5-4-8-19(20)23-17(12-25-15-22(29)30)13-27-28(23)18-10-11-21(26-14-18)16-6-2-1-3-7-16/h1-11,13-14,25H,12,15H2,(H,29,30). The van der Waals surface area contributed by atoms with E-state index in [2.05, 4.69) is 15.4 Å². The van der Waals surface area contributed by atoms with Crippen LogP contribution in [0.15, 0.2) is 79.1 Å². The van der Waals surface area contributed by atoms with Crippen molar-refractivity contribution in [1.29, 1.82) is 0 Å². The molecule has 0 aliphatic rings. The molecule has 0 saturated heterocycles. The van der Waals surface area contributed by atoms with Crippen molar-refractivity contribution in [2.24, 2.45) is 0 Å². The molecule has 2 heterocycles. The van der Waals surface area contributed by atoms with Crippen molar-refractivity contribution in [2.75, 3.05) is 6.54 Å². The smallest absolute Gasteiger partial charge is 0.317 e. The Morgan fingerprint density at radius 2 is 1.77 bits per heavy atom. The SMILES string of the molecule is O=C(O)CNCc1cnn(-c2ccc(-c3ccccc3)nc2)c1-c1ccccc1F. The van der Waals surface area contributed by atoms with E-state index in [-0.39, 0.29) is 18.9 Å². The third kappa shape index (κ3) is 4.11. The molecule has 6 nitrogen and oxygen atoms in total. The molecule has 7 heteroatoms. The van der Waals surface area contributed by atoms with E-state index in [4.69, 9.17) is 5.11 Å². The second-order valence-corrected chi connectivity index (χ2v) is 6.68. The number of nitrogens with one attached hydrogen (secondary N) is 1. The summed E-state index contributed by atoms with van der Waals surface area (Å²) in [5.41, 5.74) is 4.13. The number of carboxylic acids is 1. The van der Waals surface area contributed by atoms with Gasteiger partial charge in [0.25, 0.3) is 0 Å². The van der Waals surface area contributed by atoms with Crippen molar-refractivity contribution in [3.8, 4) is 28.2 Å². The molecular formula is C23H19FN4O2. The normalized spacial score (nSPS) is 10.8. The van der Waals surface area contributed by atoms with Gasteiger partial charge in [-0.3, -0.25) is 9.78 Å². The Hall–Kier alpha value is -3.84. The van der Waals surface area contributed by atoms with Crippen LogP contribution in [0.3, 0.4) is 0 Å². The van der Waals surface area contributed by atoms with Gasteiger partial charge in [0.05, 0.1) is 36.0 Å². The fourth-order valence-electron chi connectivity index (χ4n) is 3.24. The average molecular weight is 402 g/mol. The van der Waals surface area contributed by atoms with E-state index < -0.39 is 5.97 Å². The number of aromatic nitrogens is 3. The van der Waals surface area contributed by atoms with Crippen molar-refractivity contribution in [3.63, 3.8) is 0 Å². The molecule has 4 aromatic rings. The molecule has 0 fully saturated rings. The molecule has 0 amide bonds. The maximum atomic E-state index is 14.6. The molecule has 0 bridgehead atoms. The van der Waals surface area contributed by atoms with Crippen LogP contribution in [0.1, 0.15) is 5.56 Å². The summed E-state index contributed by atoms with van der Waals surface area (Å²) in [5.74, 6) is -1.34. The molecule has 0 radical (unpaired) electrons.